The van der Waals surface area contributed by atoms with E-state index < -0.39 is 11.7 Å². The number of aromatic nitrogens is 1. The molecule has 1 aromatic heterocycles. The van der Waals surface area contributed by atoms with Gasteiger partial charge in [0.15, 0.2) is 0 Å². The summed E-state index contributed by atoms with van der Waals surface area (Å²) in [6.45, 7) is 5.41. The molecule has 0 aliphatic carbocycles. The first-order valence-corrected chi connectivity index (χ1v) is 6.61. The summed E-state index contributed by atoms with van der Waals surface area (Å²) in [5.74, 6) is 1.73. The molecule has 2 aromatic rings. The molecule has 1 aromatic carbocycles. The van der Waals surface area contributed by atoms with Crippen molar-refractivity contribution in [3.05, 3.63) is 48.7 Å². The molecule has 0 radical (unpaired) electrons. The highest BCUT2D eigenvalue weighted by molar-refractivity contribution is 5.83. The van der Waals surface area contributed by atoms with Crippen molar-refractivity contribution < 1.29 is 14.3 Å². The number of hydrogen-bond donors (Lipinski definition) is 1. The molecule has 5 nitrogen and oxygen atoms in total. The normalized spacial score (nSPS) is 10.8. The molecule has 0 unspecified atom stereocenters. The van der Waals surface area contributed by atoms with Gasteiger partial charge in [0.2, 0.25) is 0 Å². The summed E-state index contributed by atoms with van der Waals surface area (Å²) < 4.78 is 10.8. The SMILES string of the molecule is CC(C)(C)OC(=O)Nc1ccc(Oc2ccccc2)cn1. The van der Waals surface area contributed by atoms with Crippen LogP contribution in [0.25, 0.3) is 0 Å². The smallest absolute Gasteiger partial charge is 0.413 e. The fourth-order valence-electron chi connectivity index (χ4n) is 1.55. The second-order valence-corrected chi connectivity index (χ2v) is 5.42. The minimum absolute atomic E-state index is 0.407. The third-order valence-electron chi connectivity index (χ3n) is 2.34. The molecular weight excluding hydrogens is 268 g/mol. The van der Waals surface area contributed by atoms with Crippen molar-refractivity contribution in [2.75, 3.05) is 5.32 Å². The molecule has 0 saturated carbocycles. The van der Waals surface area contributed by atoms with Crippen molar-refractivity contribution in [3.63, 3.8) is 0 Å². The minimum atomic E-state index is -0.541. The number of carbonyl (C=O) groups excluding carboxylic acids is 1. The Hall–Kier alpha value is -2.56. The number of carbonyl (C=O) groups is 1. The van der Waals surface area contributed by atoms with Crippen LogP contribution < -0.4 is 10.1 Å². The molecule has 0 atom stereocenters. The first kappa shape index (κ1) is 14.8. The lowest BCUT2D eigenvalue weighted by molar-refractivity contribution is 0.0635. The van der Waals surface area contributed by atoms with Crippen LogP contribution in [0.3, 0.4) is 0 Å². The van der Waals surface area contributed by atoms with Gasteiger partial charge in [-0.15, -0.1) is 0 Å². The van der Waals surface area contributed by atoms with E-state index in [1.807, 2.05) is 30.3 Å². The van der Waals surface area contributed by atoms with Gasteiger partial charge in [0, 0.05) is 0 Å². The van der Waals surface area contributed by atoms with E-state index in [9.17, 15) is 4.79 Å². The summed E-state index contributed by atoms with van der Waals surface area (Å²) in [6.07, 6.45) is 1.01. The second-order valence-electron chi connectivity index (χ2n) is 5.42. The van der Waals surface area contributed by atoms with Crippen molar-refractivity contribution in [2.24, 2.45) is 0 Å². The van der Waals surface area contributed by atoms with Crippen LogP contribution in [0.2, 0.25) is 0 Å². The standard InChI is InChI=1S/C16H18N2O3/c1-16(2,3)21-15(19)18-14-10-9-13(11-17-14)20-12-7-5-4-6-8-12/h4-11H,1-3H3,(H,17,18,19). The van der Waals surface area contributed by atoms with E-state index in [2.05, 4.69) is 10.3 Å². The summed E-state index contributed by atoms with van der Waals surface area (Å²) in [7, 11) is 0. The van der Waals surface area contributed by atoms with Gasteiger partial charge in [-0.25, -0.2) is 9.78 Å². The molecule has 0 saturated heterocycles. The first-order chi connectivity index (χ1) is 9.92. The largest absolute Gasteiger partial charge is 0.456 e. The number of nitrogens with zero attached hydrogens (tertiary/aromatic N) is 1. The van der Waals surface area contributed by atoms with E-state index in [1.54, 1.807) is 39.1 Å². The monoisotopic (exact) mass is 286 g/mol. The summed E-state index contributed by atoms with van der Waals surface area (Å²) in [4.78, 5) is 15.7. The molecule has 1 amide bonds. The second kappa shape index (κ2) is 6.26. The number of anilines is 1. The summed E-state index contributed by atoms with van der Waals surface area (Å²) in [5, 5.41) is 2.56. The number of benzene rings is 1. The first-order valence-electron chi connectivity index (χ1n) is 6.61. The van der Waals surface area contributed by atoms with Crippen LogP contribution >= 0.6 is 0 Å². The Morgan fingerprint density at radius 1 is 1.05 bits per heavy atom. The highest BCUT2D eigenvalue weighted by Gasteiger charge is 2.16. The van der Waals surface area contributed by atoms with Crippen molar-refractivity contribution in [2.45, 2.75) is 26.4 Å². The van der Waals surface area contributed by atoms with Gasteiger partial charge in [0.1, 0.15) is 22.9 Å². The molecule has 0 aliphatic heterocycles. The van der Waals surface area contributed by atoms with Crippen LogP contribution in [0.1, 0.15) is 20.8 Å². The zero-order chi connectivity index (χ0) is 15.3. The topological polar surface area (TPSA) is 60.5 Å². The van der Waals surface area contributed by atoms with E-state index in [0.717, 1.165) is 5.75 Å². The van der Waals surface area contributed by atoms with Gasteiger partial charge in [-0.1, -0.05) is 18.2 Å². The average molecular weight is 286 g/mol. The van der Waals surface area contributed by atoms with Crippen LogP contribution in [-0.2, 0) is 4.74 Å². The summed E-state index contributed by atoms with van der Waals surface area (Å²) in [5.41, 5.74) is -0.541. The molecule has 2 rings (SSSR count). The number of ether oxygens (including phenoxy) is 2. The van der Waals surface area contributed by atoms with Gasteiger partial charge in [0.25, 0.3) is 0 Å². The molecule has 5 heteroatoms. The number of hydrogen-bond acceptors (Lipinski definition) is 4. The zero-order valence-corrected chi connectivity index (χ0v) is 12.3. The number of pyridine rings is 1. The lowest BCUT2D eigenvalue weighted by Gasteiger charge is -2.19. The van der Waals surface area contributed by atoms with E-state index in [1.165, 1.54) is 0 Å². The Morgan fingerprint density at radius 3 is 2.33 bits per heavy atom. The van der Waals surface area contributed by atoms with Gasteiger partial charge in [-0.05, 0) is 45.0 Å². The van der Waals surface area contributed by atoms with Crippen molar-refractivity contribution >= 4 is 11.9 Å². The van der Waals surface area contributed by atoms with Crippen LogP contribution in [0.4, 0.5) is 10.6 Å². The van der Waals surface area contributed by atoms with Crippen LogP contribution in [0.5, 0.6) is 11.5 Å². The third-order valence-corrected chi connectivity index (χ3v) is 2.34. The molecule has 1 heterocycles. The van der Waals surface area contributed by atoms with Crippen LogP contribution in [0.15, 0.2) is 48.7 Å². The summed E-state index contributed by atoms with van der Waals surface area (Å²) in [6, 6.07) is 12.8. The maximum Gasteiger partial charge on any atom is 0.413 e. The quantitative estimate of drug-likeness (QED) is 0.917. The van der Waals surface area contributed by atoms with Gasteiger partial charge in [-0.3, -0.25) is 5.32 Å². The number of nitrogens with one attached hydrogen (secondary N) is 1. The fraction of sp³-hybridized carbons (Fsp3) is 0.250. The van der Waals surface area contributed by atoms with E-state index in [4.69, 9.17) is 9.47 Å². The van der Waals surface area contributed by atoms with Crippen molar-refractivity contribution in [1.82, 2.24) is 4.98 Å². The van der Waals surface area contributed by atoms with Gasteiger partial charge in [-0.2, -0.15) is 0 Å². The van der Waals surface area contributed by atoms with E-state index in [0.29, 0.717) is 11.6 Å². The zero-order valence-electron chi connectivity index (χ0n) is 12.3. The Bertz CT molecular complexity index is 589. The maximum atomic E-state index is 11.6. The number of rotatable bonds is 3. The van der Waals surface area contributed by atoms with Crippen molar-refractivity contribution in [3.8, 4) is 11.5 Å². The maximum absolute atomic E-state index is 11.6. The van der Waals surface area contributed by atoms with E-state index in [-0.39, 0.29) is 0 Å². The van der Waals surface area contributed by atoms with E-state index >= 15 is 0 Å². The fourth-order valence-corrected chi connectivity index (χ4v) is 1.55. The van der Waals surface area contributed by atoms with Crippen molar-refractivity contribution in [1.29, 1.82) is 0 Å². The predicted molar refractivity (Wildman–Crippen MR) is 80.6 cm³/mol. The van der Waals surface area contributed by atoms with Gasteiger partial charge >= 0.3 is 6.09 Å². The van der Waals surface area contributed by atoms with Crippen LogP contribution in [-0.4, -0.2) is 16.7 Å². The predicted octanol–water partition coefficient (Wildman–Crippen LogP) is 4.22. The number of para-hydroxylation sites is 1. The highest BCUT2D eigenvalue weighted by atomic mass is 16.6. The molecule has 0 fully saturated rings. The van der Waals surface area contributed by atoms with Gasteiger partial charge < -0.3 is 9.47 Å². The number of amides is 1. The molecule has 0 spiro atoms. The van der Waals surface area contributed by atoms with Crippen LogP contribution in [0, 0.1) is 0 Å². The molecule has 21 heavy (non-hydrogen) atoms. The molecule has 0 aliphatic rings. The molecule has 0 bridgehead atoms. The third kappa shape index (κ3) is 5.14. The summed E-state index contributed by atoms with van der Waals surface area (Å²) >= 11 is 0. The Kier molecular flexibility index (Phi) is 4.42. The Balaban J connectivity index is 1.95. The molecular formula is C16H18N2O3. The lowest BCUT2D eigenvalue weighted by atomic mass is 10.2. The lowest BCUT2D eigenvalue weighted by Crippen LogP contribution is -2.27. The average Bonchev–Trinajstić information content (AvgIpc) is 2.40. The molecule has 110 valence electrons. The molecule has 1 N–H and O–H groups in total. The van der Waals surface area contributed by atoms with Gasteiger partial charge in [0.05, 0.1) is 6.20 Å². The minimum Gasteiger partial charge on any atom is -0.456 e. The Labute approximate surface area is 123 Å². The highest BCUT2D eigenvalue weighted by Crippen LogP contribution is 2.21. The Morgan fingerprint density at radius 2 is 1.76 bits per heavy atom.